The third kappa shape index (κ3) is 10.5. The molecule has 0 bridgehead atoms. The summed E-state index contributed by atoms with van der Waals surface area (Å²) in [5.74, 6) is 4.12. The molecule has 0 atom stereocenters. The van der Waals surface area contributed by atoms with Crippen LogP contribution in [0.15, 0.2) is 59.7 Å². The molecule has 0 aromatic heterocycles. The Hall–Kier alpha value is -1.99. The number of nitrogens with zero attached hydrogens (tertiary/aromatic N) is 2. The van der Waals surface area contributed by atoms with Crippen molar-refractivity contribution in [2.75, 3.05) is 0 Å². The summed E-state index contributed by atoms with van der Waals surface area (Å²) in [6.45, 7) is 8.93. The van der Waals surface area contributed by atoms with Crippen molar-refractivity contribution in [3.8, 4) is 0 Å². The van der Waals surface area contributed by atoms with E-state index in [9.17, 15) is 5.53 Å². The van der Waals surface area contributed by atoms with E-state index in [1.807, 2.05) is 0 Å². The Balaban J connectivity index is 0.00000170. The molecule has 2 aromatic carbocycles. The molecule has 218 valence electrons. The zero-order chi connectivity index (χ0) is 28.5. The minimum absolute atomic E-state index is 0.997. The fourth-order valence-electron chi connectivity index (χ4n) is 5.47. The van der Waals surface area contributed by atoms with Crippen molar-refractivity contribution in [3.05, 3.63) is 87.5 Å². The van der Waals surface area contributed by atoms with Gasteiger partial charge in [0.05, 0.1) is 0 Å². The van der Waals surface area contributed by atoms with E-state index in [1.54, 1.807) is 14.4 Å². The van der Waals surface area contributed by atoms with Crippen LogP contribution >= 0.6 is 0 Å². The van der Waals surface area contributed by atoms with Gasteiger partial charge < -0.3 is 5.53 Å². The van der Waals surface area contributed by atoms with Gasteiger partial charge in [0, 0.05) is 22.3 Å². The van der Waals surface area contributed by atoms with Crippen LogP contribution in [0.1, 0.15) is 126 Å². The molecule has 2 aromatic rings. The maximum atomic E-state index is 11.7. The average molecular weight is 574 g/mol. The second kappa shape index (κ2) is 19.2. The summed E-state index contributed by atoms with van der Waals surface area (Å²) in [6.07, 6.45) is 16.9. The summed E-state index contributed by atoms with van der Waals surface area (Å²) in [5, 5.41) is 0. The molecule has 1 aliphatic rings. The standard InChI is InChI=1S/C34H48N2.2CH3.Ni/c1-5-8-11-12-13-15-19-28-20-17-22-30(26-28)34-31(23-10-7-3)32(24-14-9-6-2)33(36(34)35)29-21-16-18-27(4)25-29;;;/h16-18,20-22,25-26H,5-15,19,23-24H2,1-4H3;2*1H3;. The van der Waals surface area contributed by atoms with Crippen LogP contribution in [0.3, 0.4) is 0 Å². The van der Waals surface area contributed by atoms with E-state index in [0.717, 1.165) is 61.0 Å². The van der Waals surface area contributed by atoms with E-state index in [-0.39, 0.29) is 0 Å². The maximum absolute atomic E-state index is 11.7. The number of benzene rings is 2. The number of aryl methyl sites for hydroxylation is 2. The van der Waals surface area contributed by atoms with Crippen LogP contribution in [-0.2, 0) is 20.9 Å². The Bertz CT molecular complexity index is 1080. The molecular weight excluding hydrogens is 519 g/mol. The van der Waals surface area contributed by atoms with Crippen molar-refractivity contribution in [3.63, 3.8) is 0 Å². The number of hydrogen-bond acceptors (Lipinski definition) is 0. The van der Waals surface area contributed by atoms with Crippen molar-refractivity contribution >= 4 is 11.4 Å². The van der Waals surface area contributed by atoms with Gasteiger partial charge in [-0.05, 0) is 75.3 Å². The normalized spacial score (nSPS) is 13.3. The van der Waals surface area contributed by atoms with E-state index >= 15 is 0 Å². The molecule has 2 nitrogen and oxygen atoms in total. The molecule has 0 saturated heterocycles. The molecule has 0 aliphatic carbocycles. The Morgan fingerprint density at radius 1 is 0.615 bits per heavy atom. The second-order valence-corrected chi connectivity index (χ2v) is 11.9. The molecule has 3 rings (SSSR count). The van der Waals surface area contributed by atoms with Crippen LogP contribution in [0.4, 0.5) is 0 Å². The number of allylic oxidation sites excluding steroid dienone is 2. The van der Waals surface area contributed by atoms with Crippen LogP contribution in [0.2, 0.25) is 11.8 Å². The second-order valence-electron chi connectivity index (χ2n) is 10.9. The molecule has 3 heteroatoms. The molecule has 39 heavy (non-hydrogen) atoms. The molecule has 0 fully saturated rings. The van der Waals surface area contributed by atoms with Crippen LogP contribution in [-0.4, -0.2) is 4.70 Å². The number of rotatable bonds is 16. The summed E-state index contributed by atoms with van der Waals surface area (Å²) in [5.41, 5.74) is 21.3. The Kier molecular flexibility index (Phi) is 16.3. The summed E-state index contributed by atoms with van der Waals surface area (Å²) >= 11 is 1.62. The van der Waals surface area contributed by atoms with Crippen molar-refractivity contribution in [2.45, 2.75) is 129 Å². The van der Waals surface area contributed by atoms with E-state index < -0.39 is 0 Å². The first-order valence-corrected chi connectivity index (χ1v) is 17.3. The van der Waals surface area contributed by atoms with Crippen LogP contribution in [0, 0.1) is 6.92 Å². The zero-order valence-corrected chi connectivity index (χ0v) is 26.7. The zero-order valence-electron chi connectivity index (χ0n) is 25.7. The fraction of sp³-hybridized carbons (Fsp3) is 0.556. The predicted molar refractivity (Wildman–Crippen MR) is 168 cm³/mol. The molecule has 0 saturated carbocycles. The topological polar surface area (TPSA) is 25.3 Å². The third-order valence-corrected chi connectivity index (χ3v) is 7.48. The summed E-state index contributed by atoms with van der Waals surface area (Å²) < 4.78 is 1.53. The summed E-state index contributed by atoms with van der Waals surface area (Å²) in [6, 6.07) is 17.6. The first-order valence-electron chi connectivity index (χ1n) is 15.4. The first-order chi connectivity index (χ1) is 19.0. The third-order valence-electron chi connectivity index (χ3n) is 7.48. The fourth-order valence-corrected chi connectivity index (χ4v) is 5.47. The summed E-state index contributed by atoms with van der Waals surface area (Å²) in [4.78, 5) is 0. The first kappa shape index (κ1) is 33.2. The van der Waals surface area contributed by atoms with Crippen LogP contribution in [0.25, 0.3) is 16.9 Å². The van der Waals surface area contributed by atoms with Gasteiger partial charge in [0.15, 0.2) is 0 Å². The number of hydrogen-bond donors (Lipinski definition) is 0. The van der Waals surface area contributed by atoms with E-state index in [4.69, 9.17) is 0 Å². The van der Waals surface area contributed by atoms with Gasteiger partial charge >= 0.3 is 26.2 Å². The molecule has 0 unspecified atom stereocenters. The predicted octanol–water partition coefficient (Wildman–Crippen LogP) is 12.0. The van der Waals surface area contributed by atoms with Gasteiger partial charge in [-0.3, -0.25) is 0 Å². The van der Waals surface area contributed by atoms with Crippen molar-refractivity contribution in [1.82, 2.24) is 0 Å². The van der Waals surface area contributed by atoms with Gasteiger partial charge in [-0.1, -0.05) is 102 Å². The van der Waals surface area contributed by atoms with Crippen LogP contribution in [0.5, 0.6) is 0 Å². The van der Waals surface area contributed by atoms with Crippen molar-refractivity contribution in [1.29, 1.82) is 0 Å². The van der Waals surface area contributed by atoms with Crippen LogP contribution < -0.4 is 0 Å². The van der Waals surface area contributed by atoms with Crippen molar-refractivity contribution < 1.29 is 19.1 Å². The molecule has 0 amide bonds. The SMILES string of the molecule is CCCCCCCCc1cccc(C2=C(CCCC)C(CCCCC)=C(c3cccc(C)c3)[N+]2=[N-])c1.[CH3][Ni][CH3]. The van der Waals surface area contributed by atoms with Gasteiger partial charge in [-0.25, -0.2) is 4.70 Å². The molecular formula is C36H54N2Ni. The molecule has 1 heterocycles. The van der Waals surface area contributed by atoms with Gasteiger partial charge in [-0.15, -0.1) is 0 Å². The van der Waals surface area contributed by atoms with Gasteiger partial charge in [-0.2, -0.15) is 0 Å². The van der Waals surface area contributed by atoms with E-state index in [2.05, 4.69) is 88.0 Å². The monoisotopic (exact) mass is 572 g/mol. The Labute approximate surface area is 246 Å². The average Bonchev–Trinajstić information content (AvgIpc) is 3.21. The van der Waals surface area contributed by atoms with E-state index in [0.29, 0.717) is 0 Å². The Morgan fingerprint density at radius 3 is 1.72 bits per heavy atom. The Morgan fingerprint density at radius 2 is 1.10 bits per heavy atom. The van der Waals surface area contributed by atoms with E-state index in [1.165, 1.54) is 78.3 Å². The molecule has 0 N–H and O–H groups in total. The minimum atomic E-state index is 0.997. The van der Waals surface area contributed by atoms with Gasteiger partial charge in [0.1, 0.15) is 0 Å². The number of unbranched alkanes of at least 4 members (excludes halogenated alkanes) is 8. The molecule has 0 radical (unpaired) electrons. The molecule has 1 aliphatic heterocycles. The summed E-state index contributed by atoms with van der Waals surface area (Å²) in [7, 11) is 0. The van der Waals surface area contributed by atoms with Crippen molar-refractivity contribution in [2.24, 2.45) is 0 Å². The molecule has 0 spiro atoms. The van der Waals surface area contributed by atoms with Gasteiger partial charge in [0.2, 0.25) is 11.4 Å². The quantitative estimate of drug-likeness (QED) is 0.108. The van der Waals surface area contributed by atoms with Gasteiger partial charge in [0.25, 0.3) is 0 Å².